The van der Waals surface area contributed by atoms with Gasteiger partial charge >= 0.3 is 0 Å². The molecule has 17 heavy (non-hydrogen) atoms. The van der Waals surface area contributed by atoms with Gasteiger partial charge in [-0.15, -0.1) is 0 Å². The SMILES string of the molecule is CCCNCC(C)S(=O)(=O)NCC1CCCS1. The van der Waals surface area contributed by atoms with E-state index in [4.69, 9.17) is 0 Å². The van der Waals surface area contributed by atoms with E-state index in [0.29, 0.717) is 18.3 Å². The molecule has 1 fully saturated rings. The highest BCUT2D eigenvalue weighted by Gasteiger charge is 2.23. The maximum atomic E-state index is 11.9. The van der Waals surface area contributed by atoms with Gasteiger partial charge in [-0.25, -0.2) is 13.1 Å². The summed E-state index contributed by atoms with van der Waals surface area (Å²) in [5, 5.41) is 3.26. The topological polar surface area (TPSA) is 58.2 Å². The summed E-state index contributed by atoms with van der Waals surface area (Å²) in [6.07, 6.45) is 3.37. The molecule has 0 bridgehead atoms. The Morgan fingerprint density at radius 1 is 1.47 bits per heavy atom. The fourth-order valence-electron chi connectivity index (χ4n) is 1.75. The smallest absolute Gasteiger partial charge is 0.215 e. The molecule has 1 saturated heterocycles. The first-order valence-corrected chi connectivity index (χ1v) is 8.96. The van der Waals surface area contributed by atoms with E-state index in [2.05, 4.69) is 17.0 Å². The highest BCUT2D eigenvalue weighted by molar-refractivity contribution is 8.00. The first-order chi connectivity index (χ1) is 8.06. The first-order valence-electron chi connectivity index (χ1n) is 6.37. The van der Waals surface area contributed by atoms with E-state index in [1.54, 1.807) is 6.92 Å². The lowest BCUT2D eigenvalue weighted by Crippen LogP contribution is -2.41. The van der Waals surface area contributed by atoms with Gasteiger partial charge in [0.05, 0.1) is 5.25 Å². The standard InChI is InChI=1S/C11H24N2O2S2/c1-3-6-12-8-10(2)17(14,15)13-9-11-5-4-7-16-11/h10-13H,3-9H2,1-2H3. The molecule has 1 aliphatic heterocycles. The van der Waals surface area contributed by atoms with E-state index in [1.807, 2.05) is 11.8 Å². The van der Waals surface area contributed by atoms with Crippen molar-refractivity contribution in [2.75, 3.05) is 25.4 Å². The molecule has 0 radical (unpaired) electrons. The van der Waals surface area contributed by atoms with Gasteiger partial charge in [-0.1, -0.05) is 6.92 Å². The molecular weight excluding hydrogens is 256 g/mol. The molecule has 0 saturated carbocycles. The summed E-state index contributed by atoms with van der Waals surface area (Å²) in [5.74, 6) is 1.17. The molecule has 0 aliphatic carbocycles. The molecule has 0 aromatic carbocycles. The fourth-order valence-corrected chi connectivity index (χ4v) is 4.11. The number of thioether (sulfide) groups is 1. The highest BCUT2D eigenvalue weighted by Crippen LogP contribution is 2.25. The first kappa shape index (κ1) is 15.3. The third-order valence-electron chi connectivity index (χ3n) is 2.92. The Bertz CT molecular complexity index is 301. The maximum absolute atomic E-state index is 11.9. The number of hydrogen-bond acceptors (Lipinski definition) is 4. The zero-order valence-electron chi connectivity index (χ0n) is 10.7. The Kier molecular flexibility index (Phi) is 6.84. The molecule has 102 valence electrons. The summed E-state index contributed by atoms with van der Waals surface area (Å²) < 4.78 is 26.6. The normalized spacial score (nSPS) is 22.8. The van der Waals surface area contributed by atoms with Crippen LogP contribution >= 0.6 is 11.8 Å². The lowest BCUT2D eigenvalue weighted by Gasteiger charge is -2.16. The second kappa shape index (κ2) is 7.61. The third kappa shape index (κ3) is 5.59. The second-order valence-electron chi connectivity index (χ2n) is 4.54. The van der Waals surface area contributed by atoms with Crippen LogP contribution in [0.5, 0.6) is 0 Å². The Morgan fingerprint density at radius 2 is 2.24 bits per heavy atom. The van der Waals surface area contributed by atoms with Gasteiger partial charge in [0.15, 0.2) is 0 Å². The van der Waals surface area contributed by atoms with Crippen LogP contribution in [0.1, 0.15) is 33.1 Å². The predicted molar refractivity (Wildman–Crippen MR) is 75.0 cm³/mol. The Labute approximate surface area is 109 Å². The molecule has 0 spiro atoms. The number of nitrogens with one attached hydrogen (secondary N) is 2. The lowest BCUT2D eigenvalue weighted by atomic mass is 10.2. The van der Waals surface area contributed by atoms with E-state index in [9.17, 15) is 8.42 Å². The van der Waals surface area contributed by atoms with Crippen LogP contribution < -0.4 is 10.0 Å². The summed E-state index contributed by atoms with van der Waals surface area (Å²) in [6.45, 7) is 5.82. The van der Waals surface area contributed by atoms with Gasteiger partial charge < -0.3 is 5.32 Å². The Hall–Kier alpha value is 0.220. The molecule has 1 aliphatic rings. The molecule has 6 heteroatoms. The zero-order chi connectivity index (χ0) is 12.7. The van der Waals surface area contributed by atoms with Crippen molar-refractivity contribution in [1.82, 2.24) is 10.0 Å². The van der Waals surface area contributed by atoms with E-state index >= 15 is 0 Å². The molecule has 4 nitrogen and oxygen atoms in total. The van der Waals surface area contributed by atoms with Gasteiger partial charge in [-0.3, -0.25) is 0 Å². The monoisotopic (exact) mass is 280 g/mol. The van der Waals surface area contributed by atoms with Crippen LogP contribution in [-0.4, -0.2) is 44.3 Å². The molecule has 1 heterocycles. The Morgan fingerprint density at radius 3 is 2.82 bits per heavy atom. The van der Waals surface area contributed by atoms with E-state index in [-0.39, 0.29) is 5.25 Å². The van der Waals surface area contributed by atoms with Crippen molar-refractivity contribution < 1.29 is 8.42 Å². The quantitative estimate of drug-likeness (QED) is 0.656. The minimum atomic E-state index is -3.15. The van der Waals surface area contributed by atoms with E-state index < -0.39 is 10.0 Å². The summed E-state index contributed by atoms with van der Waals surface area (Å²) in [4.78, 5) is 0. The van der Waals surface area contributed by atoms with Crippen LogP contribution in [0.2, 0.25) is 0 Å². The van der Waals surface area contributed by atoms with Gasteiger partial charge in [0.1, 0.15) is 0 Å². The summed E-state index contributed by atoms with van der Waals surface area (Å²) >= 11 is 1.87. The summed E-state index contributed by atoms with van der Waals surface area (Å²) in [5.41, 5.74) is 0. The zero-order valence-corrected chi connectivity index (χ0v) is 12.4. The molecule has 2 atom stereocenters. The summed E-state index contributed by atoms with van der Waals surface area (Å²) in [6, 6.07) is 0. The molecule has 0 aromatic rings. The van der Waals surface area contributed by atoms with Gasteiger partial charge in [-0.05, 0) is 38.5 Å². The maximum Gasteiger partial charge on any atom is 0.215 e. The van der Waals surface area contributed by atoms with Crippen molar-refractivity contribution in [3.63, 3.8) is 0 Å². The van der Waals surface area contributed by atoms with Gasteiger partial charge in [-0.2, -0.15) is 11.8 Å². The largest absolute Gasteiger partial charge is 0.315 e. The summed E-state index contributed by atoms with van der Waals surface area (Å²) in [7, 11) is -3.15. The fraction of sp³-hybridized carbons (Fsp3) is 1.00. The van der Waals surface area contributed by atoms with Crippen molar-refractivity contribution in [3.8, 4) is 0 Å². The average Bonchev–Trinajstić information content (AvgIpc) is 2.79. The van der Waals surface area contributed by atoms with Crippen molar-refractivity contribution in [3.05, 3.63) is 0 Å². The number of hydrogen-bond donors (Lipinski definition) is 2. The minimum Gasteiger partial charge on any atom is -0.315 e. The van der Waals surface area contributed by atoms with Crippen molar-refractivity contribution in [2.45, 2.75) is 43.6 Å². The average molecular weight is 280 g/mol. The molecule has 0 aromatic heterocycles. The van der Waals surface area contributed by atoms with E-state index in [0.717, 1.165) is 19.4 Å². The van der Waals surface area contributed by atoms with Crippen LogP contribution in [0.25, 0.3) is 0 Å². The van der Waals surface area contributed by atoms with Crippen molar-refractivity contribution in [1.29, 1.82) is 0 Å². The second-order valence-corrected chi connectivity index (χ2v) is 8.13. The van der Waals surface area contributed by atoms with E-state index in [1.165, 1.54) is 12.2 Å². The lowest BCUT2D eigenvalue weighted by molar-refractivity contribution is 0.555. The third-order valence-corrected chi connectivity index (χ3v) is 6.12. The van der Waals surface area contributed by atoms with Gasteiger partial charge in [0, 0.05) is 18.3 Å². The molecule has 2 unspecified atom stereocenters. The van der Waals surface area contributed by atoms with Crippen molar-refractivity contribution in [2.24, 2.45) is 0 Å². The van der Waals surface area contributed by atoms with Crippen molar-refractivity contribution >= 4 is 21.8 Å². The van der Waals surface area contributed by atoms with Crippen LogP contribution in [0, 0.1) is 0 Å². The highest BCUT2D eigenvalue weighted by atomic mass is 32.2. The van der Waals surface area contributed by atoms with Gasteiger partial charge in [0.25, 0.3) is 0 Å². The molecule has 1 rings (SSSR count). The molecule has 2 N–H and O–H groups in total. The predicted octanol–water partition coefficient (Wildman–Crippen LogP) is 1.19. The number of rotatable bonds is 8. The number of sulfonamides is 1. The molecular formula is C11H24N2O2S2. The van der Waals surface area contributed by atoms with Crippen LogP contribution in [0.4, 0.5) is 0 Å². The van der Waals surface area contributed by atoms with Gasteiger partial charge in [0.2, 0.25) is 10.0 Å². The Balaban J connectivity index is 2.27. The van der Waals surface area contributed by atoms with Crippen LogP contribution in [0.3, 0.4) is 0 Å². The van der Waals surface area contributed by atoms with Crippen LogP contribution in [0.15, 0.2) is 0 Å². The minimum absolute atomic E-state index is 0.361. The molecule has 0 amide bonds. The van der Waals surface area contributed by atoms with Crippen LogP contribution in [-0.2, 0) is 10.0 Å².